The van der Waals surface area contributed by atoms with Gasteiger partial charge < -0.3 is 20.6 Å². The summed E-state index contributed by atoms with van der Waals surface area (Å²) in [6.45, 7) is 1.06. The molecule has 0 aromatic heterocycles. The maximum atomic E-state index is 13.1. The molecule has 0 saturated carbocycles. The topological polar surface area (TPSA) is 113 Å². The lowest BCUT2D eigenvalue weighted by Crippen LogP contribution is -2.36. The third-order valence-electron chi connectivity index (χ3n) is 3.96. The fourth-order valence-electron chi connectivity index (χ4n) is 2.48. The number of aromatic hydroxyl groups is 1. The molecule has 8 nitrogen and oxygen atoms in total. The van der Waals surface area contributed by atoms with Crippen LogP contribution in [0.2, 0.25) is 0 Å². The van der Waals surface area contributed by atoms with Crippen LogP contribution in [0.4, 0.5) is 15.8 Å². The van der Waals surface area contributed by atoms with Gasteiger partial charge in [0, 0.05) is 37.5 Å². The molecule has 0 unspecified atom stereocenters. The SMILES string of the molecule is CN(C)CCN(Cc1ccc(F)cc1)C(=O)c1cc([N+](=O)[O-])c(O)cc1N. The van der Waals surface area contributed by atoms with Crippen LogP contribution >= 0.6 is 0 Å². The number of anilines is 1. The van der Waals surface area contributed by atoms with Crippen LogP contribution in [-0.2, 0) is 6.54 Å². The Bertz CT molecular complexity index is 840. The Balaban J connectivity index is 2.36. The second-order valence-corrected chi connectivity index (χ2v) is 6.34. The summed E-state index contributed by atoms with van der Waals surface area (Å²) in [7, 11) is 3.70. The predicted molar refractivity (Wildman–Crippen MR) is 98.9 cm³/mol. The van der Waals surface area contributed by atoms with Crippen molar-refractivity contribution < 1.29 is 19.2 Å². The highest BCUT2D eigenvalue weighted by atomic mass is 19.1. The summed E-state index contributed by atoms with van der Waals surface area (Å²) in [4.78, 5) is 26.6. The van der Waals surface area contributed by atoms with Gasteiger partial charge in [-0.15, -0.1) is 0 Å². The number of nitro groups is 1. The molecule has 0 spiro atoms. The smallest absolute Gasteiger partial charge is 0.311 e. The Morgan fingerprint density at radius 1 is 1.22 bits per heavy atom. The molecule has 144 valence electrons. The molecule has 9 heteroatoms. The first-order valence-electron chi connectivity index (χ1n) is 8.14. The minimum atomic E-state index is -0.782. The number of carbonyl (C=O) groups is 1. The highest BCUT2D eigenvalue weighted by Gasteiger charge is 2.24. The highest BCUT2D eigenvalue weighted by Crippen LogP contribution is 2.31. The molecule has 3 N–H and O–H groups in total. The van der Waals surface area contributed by atoms with E-state index in [-0.39, 0.29) is 23.6 Å². The predicted octanol–water partition coefficient (Wildman–Crippen LogP) is 2.23. The first kappa shape index (κ1) is 20.1. The molecule has 1 amide bonds. The lowest BCUT2D eigenvalue weighted by molar-refractivity contribution is -0.385. The largest absolute Gasteiger partial charge is 0.502 e. The van der Waals surface area contributed by atoms with Crippen LogP contribution in [0.1, 0.15) is 15.9 Å². The number of nitrogens with two attached hydrogens (primary N) is 1. The molecule has 0 bridgehead atoms. The van der Waals surface area contributed by atoms with Crippen molar-refractivity contribution in [2.45, 2.75) is 6.54 Å². The van der Waals surface area contributed by atoms with Gasteiger partial charge in [0.05, 0.1) is 10.5 Å². The van der Waals surface area contributed by atoms with Gasteiger partial charge in [-0.1, -0.05) is 12.1 Å². The number of likely N-dealkylation sites (N-methyl/N-ethyl adjacent to an activating group) is 1. The highest BCUT2D eigenvalue weighted by molar-refractivity contribution is 6.00. The third kappa shape index (κ3) is 5.14. The van der Waals surface area contributed by atoms with Gasteiger partial charge in [0.25, 0.3) is 5.91 Å². The number of halogens is 1. The van der Waals surface area contributed by atoms with Crippen molar-refractivity contribution in [2.75, 3.05) is 32.9 Å². The van der Waals surface area contributed by atoms with E-state index in [0.29, 0.717) is 18.7 Å². The number of phenols is 1. The molecule has 0 fully saturated rings. The van der Waals surface area contributed by atoms with Gasteiger partial charge in [0.15, 0.2) is 5.75 Å². The number of nitrogens with zero attached hydrogens (tertiary/aromatic N) is 3. The fraction of sp³-hybridized carbons (Fsp3) is 0.278. The van der Waals surface area contributed by atoms with Crippen molar-refractivity contribution in [1.82, 2.24) is 9.80 Å². The maximum Gasteiger partial charge on any atom is 0.311 e. The van der Waals surface area contributed by atoms with Crippen LogP contribution in [0.3, 0.4) is 0 Å². The van der Waals surface area contributed by atoms with Gasteiger partial charge in [-0.25, -0.2) is 4.39 Å². The molecule has 0 atom stereocenters. The number of hydrogen-bond donors (Lipinski definition) is 2. The second-order valence-electron chi connectivity index (χ2n) is 6.34. The number of nitrogen functional groups attached to an aromatic ring is 1. The Morgan fingerprint density at radius 2 is 1.85 bits per heavy atom. The average Bonchev–Trinajstić information content (AvgIpc) is 2.59. The van der Waals surface area contributed by atoms with Crippen molar-refractivity contribution in [3.05, 3.63) is 63.5 Å². The summed E-state index contributed by atoms with van der Waals surface area (Å²) >= 11 is 0. The number of carbonyl (C=O) groups excluding carboxylic acids is 1. The van der Waals surface area contributed by atoms with Gasteiger partial charge in [0.1, 0.15) is 5.82 Å². The zero-order valence-electron chi connectivity index (χ0n) is 15.1. The summed E-state index contributed by atoms with van der Waals surface area (Å²) in [6, 6.07) is 7.68. The second kappa shape index (κ2) is 8.45. The number of nitro benzene ring substituents is 1. The minimum absolute atomic E-state index is 0.0583. The van der Waals surface area contributed by atoms with E-state index in [1.807, 2.05) is 19.0 Å². The van der Waals surface area contributed by atoms with Crippen LogP contribution in [0, 0.1) is 15.9 Å². The van der Waals surface area contributed by atoms with E-state index in [1.165, 1.54) is 17.0 Å². The van der Waals surface area contributed by atoms with Crippen LogP contribution in [-0.4, -0.2) is 52.9 Å². The van der Waals surface area contributed by atoms with E-state index >= 15 is 0 Å². The molecular formula is C18H21FN4O4. The summed E-state index contributed by atoms with van der Waals surface area (Å²) in [5.74, 6) is -1.50. The molecule has 2 aromatic carbocycles. The number of hydrogen-bond acceptors (Lipinski definition) is 6. The summed E-state index contributed by atoms with van der Waals surface area (Å²) < 4.78 is 13.1. The van der Waals surface area contributed by atoms with E-state index < -0.39 is 22.3 Å². The van der Waals surface area contributed by atoms with E-state index in [1.54, 1.807) is 12.1 Å². The van der Waals surface area contributed by atoms with E-state index in [0.717, 1.165) is 12.1 Å². The number of amides is 1. The van der Waals surface area contributed by atoms with Crippen molar-refractivity contribution >= 4 is 17.3 Å². The van der Waals surface area contributed by atoms with Crippen LogP contribution in [0.5, 0.6) is 5.75 Å². The normalized spacial score (nSPS) is 10.8. The zero-order valence-corrected chi connectivity index (χ0v) is 15.1. The Hall–Kier alpha value is -3.20. The number of benzene rings is 2. The lowest BCUT2D eigenvalue weighted by Gasteiger charge is -2.25. The molecule has 0 radical (unpaired) electrons. The Morgan fingerprint density at radius 3 is 2.41 bits per heavy atom. The van der Waals surface area contributed by atoms with Crippen molar-refractivity contribution in [3.63, 3.8) is 0 Å². The molecule has 2 rings (SSSR count). The zero-order chi connectivity index (χ0) is 20.1. The molecule has 2 aromatic rings. The van der Waals surface area contributed by atoms with Crippen molar-refractivity contribution in [3.8, 4) is 5.75 Å². The van der Waals surface area contributed by atoms with Crippen molar-refractivity contribution in [1.29, 1.82) is 0 Å². The first-order valence-corrected chi connectivity index (χ1v) is 8.14. The molecular weight excluding hydrogens is 355 g/mol. The fourth-order valence-corrected chi connectivity index (χ4v) is 2.48. The van der Waals surface area contributed by atoms with E-state index in [4.69, 9.17) is 5.73 Å². The van der Waals surface area contributed by atoms with Crippen molar-refractivity contribution in [2.24, 2.45) is 0 Å². The van der Waals surface area contributed by atoms with Gasteiger partial charge in [0.2, 0.25) is 0 Å². The summed E-state index contributed by atoms with van der Waals surface area (Å²) in [5, 5.41) is 20.7. The molecule has 0 heterocycles. The Labute approximate surface area is 155 Å². The lowest BCUT2D eigenvalue weighted by atomic mass is 10.1. The Kier molecular flexibility index (Phi) is 6.30. The van der Waals surface area contributed by atoms with E-state index in [2.05, 4.69) is 0 Å². The van der Waals surface area contributed by atoms with Gasteiger partial charge in [-0.3, -0.25) is 14.9 Å². The monoisotopic (exact) mass is 376 g/mol. The molecule has 0 aliphatic heterocycles. The first-order chi connectivity index (χ1) is 12.7. The van der Waals surface area contributed by atoms with Crippen LogP contribution in [0.15, 0.2) is 36.4 Å². The number of rotatable bonds is 7. The average molecular weight is 376 g/mol. The van der Waals surface area contributed by atoms with Gasteiger partial charge in [-0.2, -0.15) is 0 Å². The molecule has 0 aliphatic rings. The maximum absolute atomic E-state index is 13.1. The number of phenolic OH excluding ortho intramolecular Hbond substituents is 1. The molecule has 27 heavy (non-hydrogen) atoms. The van der Waals surface area contributed by atoms with E-state index in [9.17, 15) is 24.4 Å². The minimum Gasteiger partial charge on any atom is -0.502 e. The van der Waals surface area contributed by atoms with Crippen LogP contribution < -0.4 is 5.73 Å². The van der Waals surface area contributed by atoms with Gasteiger partial charge >= 0.3 is 5.69 Å². The van der Waals surface area contributed by atoms with Crippen LogP contribution in [0.25, 0.3) is 0 Å². The third-order valence-corrected chi connectivity index (χ3v) is 3.96. The molecule has 0 aliphatic carbocycles. The summed E-state index contributed by atoms with van der Waals surface area (Å²) in [5.41, 5.74) is 5.79. The summed E-state index contributed by atoms with van der Waals surface area (Å²) in [6.07, 6.45) is 0. The quantitative estimate of drug-likeness (QED) is 0.435. The van der Waals surface area contributed by atoms with Gasteiger partial charge in [-0.05, 0) is 31.8 Å². The standard InChI is InChI=1S/C18H21FN4O4/c1-21(2)7-8-22(11-12-3-5-13(19)6-4-12)18(25)14-9-16(23(26)27)17(24)10-15(14)20/h3-6,9-10,24H,7-8,11,20H2,1-2H3. The molecule has 0 saturated heterocycles.